The van der Waals surface area contributed by atoms with Gasteiger partial charge >= 0.3 is 0 Å². The number of para-hydroxylation sites is 1. The van der Waals surface area contributed by atoms with Crippen LogP contribution in [0.2, 0.25) is 0 Å². The van der Waals surface area contributed by atoms with Gasteiger partial charge in [-0.1, -0.05) is 18.2 Å². The molecule has 1 aliphatic rings. The molecule has 3 aromatic rings. The van der Waals surface area contributed by atoms with Gasteiger partial charge in [0.15, 0.2) is 0 Å². The van der Waals surface area contributed by atoms with Crippen LogP contribution in [0.15, 0.2) is 61.2 Å². The average Bonchev–Trinajstić information content (AvgIpc) is 3.20. The van der Waals surface area contributed by atoms with Crippen LogP contribution in [0.1, 0.15) is 23.2 Å². The molecule has 1 aliphatic heterocycles. The van der Waals surface area contributed by atoms with Gasteiger partial charge in [-0.05, 0) is 31.0 Å². The van der Waals surface area contributed by atoms with Crippen LogP contribution in [0, 0.1) is 0 Å². The largest absolute Gasteiger partial charge is 0.349 e. The molecule has 1 saturated heterocycles. The van der Waals surface area contributed by atoms with E-state index < -0.39 is 0 Å². The van der Waals surface area contributed by atoms with Gasteiger partial charge in [0.05, 0.1) is 17.4 Å². The SMILES string of the molecule is O=C(NC1CCN(c2ncccn2)CC1)c1cnn(-c2ccccc2)c1. The molecule has 3 heterocycles. The van der Waals surface area contributed by atoms with E-state index in [-0.39, 0.29) is 11.9 Å². The fourth-order valence-electron chi connectivity index (χ4n) is 3.11. The summed E-state index contributed by atoms with van der Waals surface area (Å²) in [6.45, 7) is 1.66. The zero-order valence-corrected chi connectivity index (χ0v) is 14.3. The smallest absolute Gasteiger partial charge is 0.254 e. The number of hydrogen-bond acceptors (Lipinski definition) is 5. The van der Waals surface area contributed by atoms with Gasteiger partial charge < -0.3 is 10.2 Å². The summed E-state index contributed by atoms with van der Waals surface area (Å²) in [6.07, 6.45) is 8.61. The van der Waals surface area contributed by atoms with Crippen molar-refractivity contribution < 1.29 is 4.79 Å². The number of amides is 1. The van der Waals surface area contributed by atoms with Crippen LogP contribution in [0.25, 0.3) is 5.69 Å². The molecule has 26 heavy (non-hydrogen) atoms. The second kappa shape index (κ2) is 7.35. The summed E-state index contributed by atoms with van der Waals surface area (Å²) < 4.78 is 1.71. The predicted molar refractivity (Wildman–Crippen MR) is 98.3 cm³/mol. The van der Waals surface area contributed by atoms with Crippen molar-refractivity contribution in [1.82, 2.24) is 25.1 Å². The molecule has 1 N–H and O–H groups in total. The Morgan fingerprint density at radius 3 is 2.50 bits per heavy atom. The Labute approximate surface area is 151 Å². The quantitative estimate of drug-likeness (QED) is 0.781. The lowest BCUT2D eigenvalue weighted by Crippen LogP contribution is -2.45. The average molecular weight is 348 g/mol. The summed E-state index contributed by atoms with van der Waals surface area (Å²) in [5, 5.41) is 7.40. The van der Waals surface area contributed by atoms with Gasteiger partial charge in [0, 0.05) is 37.7 Å². The van der Waals surface area contributed by atoms with Crippen LogP contribution >= 0.6 is 0 Å². The molecule has 7 nitrogen and oxygen atoms in total. The number of nitrogens with one attached hydrogen (secondary N) is 1. The van der Waals surface area contributed by atoms with Gasteiger partial charge in [-0.2, -0.15) is 5.10 Å². The van der Waals surface area contributed by atoms with E-state index in [9.17, 15) is 4.79 Å². The number of carbonyl (C=O) groups excluding carboxylic acids is 1. The Bertz CT molecular complexity index is 856. The summed E-state index contributed by atoms with van der Waals surface area (Å²) in [5.41, 5.74) is 1.50. The topological polar surface area (TPSA) is 75.9 Å². The van der Waals surface area contributed by atoms with Crippen molar-refractivity contribution >= 4 is 11.9 Å². The second-order valence-electron chi connectivity index (χ2n) is 6.29. The maximum atomic E-state index is 12.5. The van der Waals surface area contributed by atoms with E-state index >= 15 is 0 Å². The first-order valence-corrected chi connectivity index (χ1v) is 8.72. The highest BCUT2D eigenvalue weighted by molar-refractivity contribution is 5.94. The molecule has 4 rings (SSSR count). The molecule has 0 unspecified atom stereocenters. The molecule has 7 heteroatoms. The maximum Gasteiger partial charge on any atom is 0.254 e. The van der Waals surface area contributed by atoms with Crippen LogP contribution in [0.4, 0.5) is 5.95 Å². The summed E-state index contributed by atoms with van der Waals surface area (Å²) in [7, 11) is 0. The van der Waals surface area contributed by atoms with E-state index in [4.69, 9.17) is 0 Å². The van der Waals surface area contributed by atoms with Crippen molar-refractivity contribution in [2.45, 2.75) is 18.9 Å². The van der Waals surface area contributed by atoms with E-state index in [2.05, 4.69) is 25.3 Å². The molecule has 0 aliphatic carbocycles. The van der Waals surface area contributed by atoms with Crippen LogP contribution in [-0.4, -0.2) is 44.8 Å². The van der Waals surface area contributed by atoms with E-state index in [1.54, 1.807) is 29.5 Å². The number of carbonyl (C=O) groups is 1. The highest BCUT2D eigenvalue weighted by Gasteiger charge is 2.23. The molecule has 132 valence electrons. The van der Waals surface area contributed by atoms with Gasteiger partial charge in [-0.15, -0.1) is 0 Å². The first kappa shape index (κ1) is 16.3. The molecule has 0 atom stereocenters. The lowest BCUT2D eigenvalue weighted by atomic mass is 10.1. The lowest BCUT2D eigenvalue weighted by molar-refractivity contribution is 0.0931. The summed E-state index contributed by atoms with van der Waals surface area (Å²) in [4.78, 5) is 23.2. The molecular formula is C19H20N6O. The van der Waals surface area contributed by atoms with Crippen molar-refractivity contribution in [2.75, 3.05) is 18.0 Å². The van der Waals surface area contributed by atoms with Gasteiger partial charge in [0.25, 0.3) is 5.91 Å². The summed E-state index contributed by atoms with van der Waals surface area (Å²) in [5.74, 6) is 0.669. The Morgan fingerprint density at radius 1 is 1.04 bits per heavy atom. The van der Waals surface area contributed by atoms with Gasteiger partial charge in [0.2, 0.25) is 5.95 Å². The maximum absolute atomic E-state index is 12.5. The molecular weight excluding hydrogens is 328 g/mol. The van der Waals surface area contributed by atoms with Crippen molar-refractivity contribution in [2.24, 2.45) is 0 Å². The first-order valence-electron chi connectivity index (χ1n) is 8.72. The molecule has 0 spiro atoms. The number of benzene rings is 1. The third-order valence-corrected chi connectivity index (χ3v) is 4.53. The van der Waals surface area contributed by atoms with E-state index in [1.165, 1.54) is 0 Å². The number of piperidine rings is 1. The third-order valence-electron chi connectivity index (χ3n) is 4.53. The highest BCUT2D eigenvalue weighted by atomic mass is 16.1. The Balaban J connectivity index is 1.34. The second-order valence-corrected chi connectivity index (χ2v) is 6.29. The Kier molecular flexibility index (Phi) is 4.59. The zero-order chi connectivity index (χ0) is 17.8. The lowest BCUT2D eigenvalue weighted by Gasteiger charge is -2.32. The highest BCUT2D eigenvalue weighted by Crippen LogP contribution is 2.16. The molecule has 2 aromatic heterocycles. The number of nitrogens with zero attached hydrogens (tertiary/aromatic N) is 5. The first-order chi connectivity index (χ1) is 12.8. The van der Waals surface area contributed by atoms with Crippen LogP contribution < -0.4 is 10.2 Å². The molecule has 1 fully saturated rings. The predicted octanol–water partition coefficient (Wildman–Crippen LogP) is 2.06. The van der Waals surface area contributed by atoms with Gasteiger partial charge in [-0.25, -0.2) is 14.6 Å². The Morgan fingerprint density at radius 2 is 1.77 bits per heavy atom. The van der Waals surface area contributed by atoms with Crippen LogP contribution in [0.3, 0.4) is 0 Å². The number of aromatic nitrogens is 4. The minimum absolute atomic E-state index is 0.0819. The zero-order valence-electron chi connectivity index (χ0n) is 14.3. The monoisotopic (exact) mass is 348 g/mol. The third kappa shape index (κ3) is 3.56. The van der Waals surface area contributed by atoms with E-state index in [0.29, 0.717) is 5.56 Å². The number of rotatable bonds is 4. The van der Waals surface area contributed by atoms with E-state index in [0.717, 1.165) is 37.6 Å². The molecule has 1 aromatic carbocycles. The van der Waals surface area contributed by atoms with Gasteiger partial charge in [0.1, 0.15) is 0 Å². The molecule has 0 saturated carbocycles. The number of hydrogen-bond donors (Lipinski definition) is 1. The van der Waals surface area contributed by atoms with Crippen molar-refractivity contribution in [3.05, 3.63) is 66.7 Å². The van der Waals surface area contributed by atoms with Crippen molar-refractivity contribution in [3.8, 4) is 5.69 Å². The van der Waals surface area contributed by atoms with E-state index in [1.807, 2.05) is 36.4 Å². The molecule has 0 radical (unpaired) electrons. The van der Waals surface area contributed by atoms with Crippen LogP contribution in [-0.2, 0) is 0 Å². The normalized spacial score (nSPS) is 15.0. The minimum Gasteiger partial charge on any atom is -0.349 e. The minimum atomic E-state index is -0.0819. The number of anilines is 1. The fraction of sp³-hybridized carbons (Fsp3) is 0.263. The fourth-order valence-corrected chi connectivity index (χ4v) is 3.11. The Hall–Kier alpha value is -3.22. The van der Waals surface area contributed by atoms with Crippen molar-refractivity contribution in [3.63, 3.8) is 0 Å². The van der Waals surface area contributed by atoms with Gasteiger partial charge in [-0.3, -0.25) is 4.79 Å². The standard InChI is InChI=1S/C19H20N6O/c26-18(15-13-22-25(14-15)17-5-2-1-3-6-17)23-16-7-11-24(12-8-16)19-20-9-4-10-21-19/h1-6,9-10,13-14,16H,7-8,11-12H2,(H,23,26). The summed E-state index contributed by atoms with van der Waals surface area (Å²) >= 11 is 0. The molecule has 0 bridgehead atoms. The summed E-state index contributed by atoms with van der Waals surface area (Å²) in [6, 6.07) is 11.7. The van der Waals surface area contributed by atoms with Crippen molar-refractivity contribution in [1.29, 1.82) is 0 Å². The molecule has 1 amide bonds. The van der Waals surface area contributed by atoms with Crippen LogP contribution in [0.5, 0.6) is 0 Å².